The fourth-order valence-corrected chi connectivity index (χ4v) is 3.19. The minimum atomic E-state index is 0.141. The van der Waals surface area contributed by atoms with Gasteiger partial charge in [0.25, 0.3) is 0 Å². The molecule has 0 spiro atoms. The van der Waals surface area contributed by atoms with Crippen molar-refractivity contribution in [3.05, 3.63) is 23.9 Å². The Morgan fingerprint density at radius 1 is 1.05 bits per heavy atom. The van der Waals surface area contributed by atoms with E-state index in [-0.39, 0.29) is 12.0 Å². The minimum Gasteiger partial charge on any atom is -0.339 e. The summed E-state index contributed by atoms with van der Waals surface area (Å²) in [6, 6.07) is 0.141. The van der Waals surface area contributed by atoms with Gasteiger partial charge in [-0.2, -0.15) is 4.98 Å². The number of allylic oxidation sites excluding steroid dienone is 1. The number of hydrogen-bond acceptors (Lipinski definition) is 4. The lowest BCUT2D eigenvalue weighted by molar-refractivity contribution is 0.351. The molecule has 0 aromatic carbocycles. The second-order valence-corrected chi connectivity index (χ2v) is 5.92. The average Bonchev–Trinajstić information content (AvgIpc) is 2.97. The van der Waals surface area contributed by atoms with Crippen LogP contribution in [0.25, 0.3) is 0 Å². The van der Waals surface area contributed by atoms with Crippen molar-refractivity contribution in [1.29, 1.82) is 0 Å². The zero-order chi connectivity index (χ0) is 13.1. The molecule has 3 rings (SSSR count). The van der Waals surface area contributed by atoms with Crippen LogP contribution in [0.4, 0.5) is 0 Å². The van der Waals surface area contributed by atoms with Crippen LogP contribution in [0.1, 0.15) is 74.9 Å². The van der Waals surface area contributed by atoms with Crippen LogP contribution < -0.4 is 5.73 Å². The summed E-state index contributed by atoms with van der Waals surface area (Å²) >= 11 is 0. The zero-order valence-electron chi connectivity index (χ0n) is 11.4. The van der Waals surface area contributed by atoms with E-state index >= 15 is 0 Å². The molecule has 19 heavy (non-hydrogen) atoms. The molecule has 4 heteroatoms. The third kappa shape index (κ3) is 3.06. The van der Waals surface area contributed by atoms with Crippen molar-refractivity contribution in [3.63, 3.8) is 0 Å². The third-order valence-corrected chi connectivity index (χ3v) is 4.36. The van der Waals surface area contributed by atoms with Crippen LogP contribution in [-0.2, 0) is 0 Å². The molecule has 2 aliphatic rings. The van der Waals surface area contributed by atoms with Gasteiger partial charge < -0.3 is 10.3 Å². The van der Waals surface area contributed by atoms with Crippen LogP contribution in [0.15, 0.2) is 16.7 Å². The molecule has 1 saturated carbocycles. The Bertz CT molecular complexity index is 432. The first-order chi connectivity index (χ1) is 9.33. The molecule has 0 bridgehead atoms. The fraction of sp³-hybridized carbons (Fsp3) is 0.733. The molecule has 2 aliphatic carbocycles. The monoisotopic (exact) mass is 261 g/mol. The van der Waals surface area contributed by atoms with E-state index in [4.69, 9.17) is 10.3 Å². The highest BCUT2D eigenvalue weighted by Crippen LogP contribution is 2.32. The lowest BCUT2D eigenvalue weighted by Crippen LogP contribution is -2.14. The molecular weight excluding hydrogens is 238 g/mol. The molecule has 1 fully saturated rings. The lowest BCUT2D eigenvalue weighted by Gasteiger charge is -2.15. The van der Waals surface area contributed by atoms with Crippen molar-refractivity contribution in [2.45, 2.75) is 69.2 Å². The van der Waals surface area contributed by atoms with Crippen molar-refractivity contribution in [3.8, 4) is 0 Å². The number of hydrogen-bond donors (Lipinski definition) is 1. The molecule has 2 unspecified atom stereocenters. The van der Waals surface area contributed by atoms with Gasteiger partial charge in [0.05, 0.1) is 5.92 Å². The van der Waals surface area contributed by atoms with E-state index in [1.54, 1.807) is 0 Å². The summed E-state index contributed by atoms with van der Waals surface area (Å²) in [6.45, 7) is 0. The summed E-state index contributed by atoms with van der Waals surface area (Å²) in [5.74, 6) is 2.40. The topological polar surface area (TPSA) is 64.9 Å². The molecule has 1 aromatic rings. The summed E-state index contributed by atoms with van der Waals surface area (Å²) < 4.78 is 5.45. The van der Waals surface area contributed by atoms with Crippen molar-refractivity contribution in [2.24, 2.45) is 5.73 Å². The van der Waals surface area contributed by atoms with Gasteiger partial charge >= 0.3 is 0 Å². The molecule has 0 radical (unpaired) electrons. The van der Waals surface area contributed by atoms with E-state index in [9.17, 15) is 0 Å². The second kappa shape index (κ2) is 5.87. The van der Waals surface area contributed by atoms with Gasteiger partial charge in [0, 0.05) is 12.0 Å². The highest BCUT2D eigenvalue weighted by Gasteiger charge is 2.25. The molecule has 2 N–H and O–H groups in total. The van der Waals surface area contributed by atoms with E-state index in [0.29, 0.717) is 5.92 Å². The van der Waals surface area contributed by atoms with Crippen molar-refractivity contribution >= 4 is 0 Å². The summed E-state index contributed by atoms with van der Waals surface area (Å²) in [4.78, 5) is 4.64. The van der Waals surface area contributed by atoms with Crippen molar-refractivity contribution in [1.82, 2.24) is 10.1 Å². The Kier molecular flexibility index (Phi) is 3.97. The second-order valence-electron chi connectivity index (χ2n) is 5.92. The maximum absolute atomic E-state index is 5.87. The van der Waals surface area contributed by atoms with Gasteiger partial charge in [-0.05, 0) is 19.3 Å². The Labute approximate surface area is 114 Å². The van der Waals surface area contributed by atoms with Crippen molar-refractivity contribution in [2.75, 3.05) is 0 Å². The standard InChI is InChI=1S/C15H23N3O/c16-13-9-8-12(10-13)15-17-14(18-19-15)11-6-4-2-1-3-5-7-11/h8-9,11-13H,1-7,10,16H2. The molecular formula is C15H23N3O. The fourth-order valence-electron chi connectivity index (χ4n) is 3.19. The first-order valence-electron chi connectivity index (χ1n) is 7.60. The van der Waals surface area contributed by atoms with Crippen LogP contribution in [0.5, 0.6) is 0 Å². The van der Waals surface area contributed by atoms with Crippen LogP contribution in [0, 0.1) is 0 Å². The molecule has 0 saturated heterocycles. The molecule has 104 valence electrons. The lowest BCUT2D eigenvalue weighted by atomic mass is 9.91. The van der Waals surface area contributed by atoms with E-state index in [0.717, 1.165) is 18.1 Å². The Morgan fingerprint density at radius 2 is 1.79 bits per heavy atom. The molecule has 1 heterocycles. The first kappa shape index (κ1) is 12.9. The number of nitrogens with zero attached hydrogens (tertiary/aromatic N) is 2. The molecule has 1 aromatic heterocycles. The van der Waals surface area contributed by atoms with E-state index in [1.807, 2.05) is 6.08 Å². The Morgan fingerprint density at radius 3 is 2.47 bits per heavy atom. The van der Waals surface area contributed by atoms with Crippen LogP contribution in [0.2, 0.25) is 0 Å². The van der Waals surface area contributed by atoms with Gasteiger partial charge in [-0.1, -0.05) is 49.4 Å². The van der Waals surface area contributed by atoms with Crippen molar-refractivity contribution < 1.29 is 4.52 Å². The smallest absolute Gasteiger partial charge is 0.233 e. The first-order valence-corrected chi connectivity index (χ1v) is 7.60. The van der Waals surface area contributed by atoms with Gasteiger partial charge in [0.1, 0.15) is 0 Å². The van der Waals surface area contributed by atoms with Gasteiger partial charge in [-0.25, -0.2) is 0 Å². The summed E-state index contributed by atoms with van der Waals surface area (Å²) in [6.07, 6.45) is 14.1. The van der Waals surface area contributed by atoms with E-state index in [2.05, 4.69) is 16.2 Å². The van der Waals surface area contributed by atoms with Crippen LogP contribution in [-0.4, -0.2) is 16.2 Å². The number of aromatic nitrogens is 2. The molecule has 2 atom stereocenters. The zero-order valence-corrected chi connectivity index (χ0v) is 11.4. The minimum absolute atomic E-state index is 0.141. The number of nitrogens with two attached hydrogens (primary N) is 1. The summed E-state index contributed by atoms with van der Waals surface area (Å²) in [5, 5.41) is 4.22. The van der Waals surface area contributed by atoms with E-state index < -0.39 is 0 Å². The maximum Gasteiger partial charge on any atom is 0.233 e. The Balaban J connectivity index is 1.67. The largest absolute Gasteiger partial charge is 0.339 e. The third-order valence-electron chi connectivity index (χ3n) is 4.36. The molecule has 0 amide bonds. The normalized spacial score (nSPS) is 29.3. The molecule has 0 aliphatic heterocycles. The Hall–Kier alpha value is -1.16. The highest BCUT2D eigenvalue weighted by atomic mass is 16.5. The predicted octanol–water partition coefficient (Wildman–Crippen LogP) is 3.27. The van der Waals surface area contributed by atoms with Gasteiger partial charge in [0.15, 0.2) is 5.82 Å². The summed E-state index contributed by atoms with van der Waals surface area (Å²) in [7, 11) is 0. The SMILES string of the molecule is NC1C=CC(c2nc(C3CCCCCCC3)no2)C1. The van der Waals surface area contributed by atoms with Crippen LogP contribution >= 0.6 is 0 Å². The maximum atomic E-state index is 5.87. The van der Waals surface area contributed by atoms with E-state index in [1.165, 1.54) is 44.9 Å². The quantitative estimate of drug-likeness (QED) is 0.830. The van der Waals surface area contributed by atoms with Gasteiger partial charge in [-0.3, -0.25) is 0 Å². The van der Waals surface area contributed by atoms with Gasteiger partial charge in [0.2, 0.25) is 5.89 Å². The summed E-state index contributed by atoms with van der Waals surface area (Å²) in [5.41, 5.74) is 5.87. The average molecular weight is 261 g/mol. The number of rotatable bonds is 2. The highest BCUT2D eigenvalue weighted by molar-refractivity contribution is 5.15. The van der Waals surface area contributed by atoms with Crippen LogP contribution in [0.3, 0.4) is 0 Å². The van der Waals surface area contributed by atoms with Gasteiger partial charge in [-0.15, -0.1) is 0 Å². The predicted molar refractivity (Wildman–Crippen MR) is 73.8 cm³/mol. The molecule has 4 nitrogen and oxygen atoms in total.